The third-order valence-electron chi connectivity index (χ3n) is 5.14. The van der Waals surface area contributed by atoms with Crippen molar-refractivity contribution in [2.24, 2.45) is 5.92 Å². The van der Waals surface area contributed by atoms with Gasteiger partial charge in [-0.25, -0.2) is 4.98 Å². The van der Waals surface area contributed by atoms with Crippen LogP contribution in [0.25, 0.3) is 0 Å². The molecule has 2 atom stereocenters. The zero-order chi connectivity index (χ0) is 17.2. The Morgan fingerprint density at radius 1 is 1.28 bits per heavy atom. The zero-order valence-electron chi connectivity index (χ0n) is 14.5. The van der Waals surface area contributed by atoms with E-state index in [9.17, 15) is 4.79 Å². The number of furan rings is 1. The lowest BCUT2D eigenvalue weighted by Gasteiger charge is -2.33. The summed E-state index contributed by atoms with van der Waals surface area (Å²) >= 11 is 0. The number of aromatic nitrogens is 2. The van der Waals surface area contributed by atoms with Gasteiger partial charge in [-0.3, -0.25) is 9.69 Å². The highest BCUT2D eigenvalue weighted by molar-refractivity contribution is 5.91. The molecule has 2 saturated heterocycles. The largest absolute Gasteiger partial charge is 0.454 e. The summed E-state index contributed by atoms with van der Waals surface area (Å²) in [5, 5.41) is 0. The zero-order valence-corrected chi connectivity index (χ0v) is 14.5. The van der Waals surface area contributed by atoms with E-state index in [1.54, 1.807) is 18.6 Å². The number of likely N-dealkylation sites (tertiary alicyclic amines) is 1. The number of hydrogen-bond acceptors (Lipinski definition) is 5. The van der Waals surface area contributed by atoms with Crippen LogP contribution in [0.4, 0.5) is 0 Å². The van der Waals surface area contributed by atoms with Crippen molar-refractivity contribution in [1.82, 2.24) is 19.4 Å². The van der Waals surface area contributed by atoms with Crippen LogP contribution in [0, 0.1) is 5.92 Å². The molecule has 4 rings (SSSR count). The number of imidazole rings is 1. The molecule has 2 aliphatic rings. The van der Waals surface area contributed by atoms with E-state index >= 15 is 0 Å². The second-order valence-corrected chi connectivity index (χ2v) is 6.90. The average molecular weight is 344 g/mol. The minimum Gasteiger partial charge on any atom is -0.454 e. The molecule has 0 radical (unpaired) electrons. The first-order chi connectivity index (χ1) is 12.2. The van der Waals surface area contributed by atoms with Gasteiger partial charge in [0.05, 0.1) is 26.1 Å². The van der Waals surface area contributed by atoms with E-state index in [1.807, 2.05) is 21.7 Å². The van der Waals surface area contributed by atoms with Crippen molar-refractivity contribution in [3.63, 3.8) is 0 Å². The monoisotopic (exact) mass is 344 g/mol. The maximum absolute atomic E-state index is 12.8. The quantitative estimate of drug-likeness (QED) is 0.837. The molecular weight excluding hydrogens is 320 g/mol. The summed E-state index contributed by atoms with van der Waals surface area (Å²) in [7, 11) is 0. The summed E-state index contributed by atoms with van der Waals surface area (Å²) in [5.74, 6) is 1.63. The van der Waals surface area contributed by atoms with Crippen LogP contribution in [0.15, 0.2) is 35.3 Å². The molecule has 0 aliphatic carbocycles. The standard InChI is InChI=1S/C18H24N4O3/c1-14-10-22(12-16(14)21-6-8-24-9-7-21)18(23)17-3-2-15(25-17)11-20-5-4-19-13-20/h2-5,13-14,16H,6-12H2,1H3. The number of carbonyl (C=O) groups is 1. The van der Waals surface area contributed by atoms with Gasteiger partial charge in [-0.15, -0.1) is 0 Å². The van der Waals surface area contributed by atoms with Crippen molar-refractivity contribution >= 4 is 5.91 Å². The van der Waals surface area contributed by atoms with E-state index in [4.69, 9.17) is 9.15 Å². The number of morpholine rings is 1. The Bertz CT molecular complexity index is 706. The molecule has 2 aromatic rings. The highest BCUT2D eigenvalue weighted by Gasteiger charge is 2.37. The van der Waals surface area contributed by atoms with E-state index < -0.39 is 0 Å². The van der Waals surface area contributed by atoms with Gasteiger partial charge in [0.2, 0.25) is 0 Å². The highest BCUT2D eigenvalue weighted by Crippen LogP contribution is 2.24. The molecule has 0 aromatic carbocycles. The van der Waals surface area contributed by atoms with Crippen LogP contribution in [-0.4, -0.2) is 70.7 Å². The molecule has 2 aromatic heterocycles. The van der Waals surface area contributed by atoms with Crippen molar-refractivity contribution in [2.45, 2.75) is 19.5 Å². The van der Waals surface area contributed by atoms with Gasteiger partial charge in [-0.2, -0.15) is 0 Å². The van der Waals surface area contributed by atoms with Crippen molar-refractivity contribution in [1.29, 1.82) is 0 Å². The average Bonchev–Trinajstić information content (AvgIpc) is 3.37. The Morgan fingerprint density at radius 2 is 2.12 bits per heavy atom. The Kier molecular flexibility index (Phi) is 4.59. The number of carbonyl (C=O) groups excluding carboxylic acids is 1. The summed E-state index contributed by atoms with van der Waals surface area (Å²) < 4.78 is 13.1. The van der Waals surface area contributed by atoms with E-state index in [0.717, 1.165) is 45.2 Å². The molecule has 25 heavy (non-hydrogen) atoms. The lowest BCUT2D eigenvalue weighted by atomic mass is 10.0. The first-order valence-electron chi connectivity index (χ1n) is 8.86. The second kappa shape index (κ2) is 7.01. The molecule has 2 aliphatic heterocycles. The molecule has 7 nitrogen and oxygen atoms in total. The second-order valence-electron chi connectivity index (χ2n) is 6.90. The van der Waals surface area contributed by atoms with Crippen LogP contribution < -0.4 is 0 Å². The minimum atomic E-state index is -0.0144. The number of amides is 1. The van der Waals surface area contributed by atoms with Gasteiger partial charge in [-0.05, 0) is 18.1 Å². The van der Waals surface area contributed by atoms with E-state index in [2.05, 4.69) is 16.8 Å². The van der Waals surface area contributed by atoms with Gasteiger partial charge in [-0.1, -0.05) is 6.92 Å². The fourth-order valence-corrected chi connectivity index (χ4v) is 3.79. The van der Waals surface area contributed by atoms with Crippen LogP contribution >= 0.6 is 0 Å². The van der Waals surface area contributed by atoms with Crippen LogP contribution in [0.5, 0.6) is 0 Å². The Balaban J connectivity index is 1.40. The summed E-state index contributed by atoms with van der Waals surface area (Å²) in [4.78, 5) is 21.2. The molecule has 2 unspecified atom stereocenters. The maximum Gasteiger partial charge on any atom is 0.289 e. The third-order valence-corrected chi connectivity index (χ3v) is 5.14. The molecular formula is C18H24N4O3. The third kappa shape index (κ3) is 3.48. The van der Waals surface area contributed by atoms with Crippen molar-refractivity contribution in [2.75, 3.05) is 39.4 Å². The van der Waals surface area contributed by atoms with E-state index in [0.29, 0.717) is 24.3 Å². The smallest absolute Gasteiger partial charge is 0.289 e. The highest BCUT2D eigenvalue weighted by atomic mass is 16.5. The summed E-state index contributed by atoms with van der Waals surface area (Å²) in [6, 6.07) is 4.06. The number of ether oxygens (including phenoxy) is 1. The van der Waals surface area contributed by atoms with Gasteiger partial charge < -0.3 is 18.6 Å². The van der Waals surface area contributed by atoms with Crippen LogP contribution in [0.3, 0.4) is 0 Å². The molecule has 0 spiro atoms. The lowest BCUT2D eigenvalue weighted by Crippen LogP contribution is -2.47. The van der Waals surface area contributed by atoms with Gasteiger partial charge in [0.1, 0.15) is 5.76 Å². The molecule has 7 heteroatoms. The van der Waals surface area contributed by atoms with Gasteiger partial charge in [0.25, 0.3) is 5.91 Å². The van der Waals surface area contributed by atoms with Gasteiger partial charge >= 0.3 is 0 Å². The molecule has 0 bridgehead atoms. The van der Waals surface area contributed by atoms with Crippen molar-refractivity contribution in [3.8, 4) is 0 Å². The molecule has 0 saturated carbocycles. The minimum absolute atomic E-state index is 0.0144. The SMILES string of the molecule is CC1CN(C(=O)c2ccc(Cn3ccnc3)o2)CC1N1CCOCC1. The fraction of sp³-hybridized carbons (Fsp3) is 0.556. The Morgan fingerprint density at radius 3 is 2.88 bits per heavy atom. The predicted octanol–water partition coefficient (Wildman–Crippen LogP) is 1.32. The Hall–Kier alpha value is -2.12. The van der Waals surface area contributed by atoms with E-state index in [1.165, 1.54) is 0 Å². The summed E-state index contributed by atoms with van der Waals surface area (Å²) in [6.45, 7) is 7.82. The van der Waals surface area contributed by atoms with Gasteiger partial charge in [0.15, 0.2) is 5.76 Å². The predicted molar refractivity (Wildman–Crippen MR) is 91.3 cm³/mol. The Labute approximate surface area is 147 Å². The molecule has 1 amide bonds. The van der Waals surface area contributed by atoms with E-state index in [-0.39, 0.29) is 5.91 Å². The van der Waals surface area contributed by atoms with Crippen LogP contribution in [-0.2, 0) is 11.3 Å². The number of rotatable bonds is 4. The van der Waals surface area contributed by atoms with Gasteiger partial charge in [0, 0.05) is 44.6 Å². The molecule has 0 N–H and O–H groups in total. The fourth-order valence-electron chi connectivity index (χ4n) is 3.79. The molecule has 4 heterocycles. The molecule has 134 valence electrons. The maximum atomic E-state index is 12.8. The first kappa shape index (κ1) is 16.4. The number of hydrogen-bond donors (Lipinski definition) is 0. The summed E-state index contributed by atoms with van der Waals surface area (Å²) in [6.07, 6.45) is 5.34. The van der Waals surface area contributed by atoms with Crippen LogP contribution in [0.1, 0.15) is 23.2 Å². The lowest BCUT2D eigenvalue weighted by molar-refractivity contribution is 0.0118. The normalized spacial score (nSPS) is 24.8. The first-order valence-corrected chi connectivity index (χ1v) is 8.86. The van der Waals surface area contributed by atoms with Crippen molar-refractivity contribution < 1.29 is 13.9 Å². The van der Waals surface area contributed by atoms with Crippen molar-refractivity contribution in [3.05, 3.63) is 42.4 Å². The number of nitrogens with zero attached hydrogens (tertiary/aromatic N) is 4. The molecule has 2 fully saturated rings. The summed E-state index contributed by atoms with van der Waals surface area (Å²) in [5.41, 5.74) is 0. The topological polar surface area (TPSA) is 63.7 Å². The van der Waals surface area contributed by atoms with Crippen LogP contribution in [0.2, 0.25) is 0 Å².